The molecule has 2 aromatic rings. The summed E-state index contributed by atoms with van der Waals surface area (Å²) in [5, 5.41) is 15.1. The fraction of sp³-hybridized carbons (Fsp3) is 0.571. The molecule has 1 unspecified atom stereocenters. The van der Waals surface area contributed by atoms with Crippen LogP contribution in [0.4, 0.5) is 5.69 Å². The predicted molar refractivity (Wildman–Crippen MR) is 130 cm³/mol. The van der Waals surface area contributed by atoms with Crippen molar-refractivity contribution in [3.05, 3.63) is 42.0 Å². The van der Waals surface area contributed by atoms with Gasteiger partial charge in [0, 0.05) is 44.3 Å². The number of nitrogens with one attached hydrogen (secondary N) is 2. The Kier molecular flexibility index (Phi) is 9.69. The Hall–Kier alpha value is -1.84. The molecule has 1 fully saturated rings. The number of aryl methyl sites for hydroxylation is 2. The monoisotopic (exact) mass is 511 g/mol. The third-order valence-electron chi connectivity index (χ3n) is 5.13. The third-order valence-corrected chi connectivity index (χ3v) is 5.13. The van der Waals surface area contributed by atoms with Crippen molar-refractivity contribution in [3.63, 3.8) is 0 Å². The smallest absolute Gasteiger partial charge is 0.191 e. The summed E-state index contributed by atoms with van der Waals surface area (Å²) < 4.78 is 2.08. The zero-order valence-corrected chi connectivity index (χ0v) is 20.1. The van der Waals surface area contributed by atoms with Crippen molar-refractivity contribution in [2.24, 2.45) is 4.99 Å². The van der Waals surface area contributed by atoms with E-state index in [1.54, 1.807) is 6.33 Å². The molecular weight excluding hydrogens is 477 g/mol. The van der Waals surface area contributed by atoms with Crippen molar-refractivity contribution in [1.82, 2.24) is 25.4 Å². The molecule has 29 heavy (non-hydrogen) atoms. The van der Waals surface area contributed by atoms with Crippen LogP contribution in [0.25, 0.3) is 0 Å². The number of aliphatic imine (C=N–C) groups is 1. The normalized spacial score (nSPS) is 17.0. The van der Waals surface area contributed by atoms with Gasteiger partial charge >= 0.3 is 0 Å². The van der Waals surface area contributed by atoms with Gasteiger partial charge < -0.3 is 20.1 Å². The predicted octanol–water partition coefficient (Wildman–Crippen LogP) is 2.99. The molecule has 1 saturated heterocycles. The highest BCUT2D eigenvalue weighted by atomic mass is 127. The first kappa shape index (κ1) is 23.4. The molecule has 0 radical (unpaired) electrons. The van der Waals surface area contributed by atoms with E-state index in [1.807, 2.05) is 0 Å². The summed E-state index contributed by atoms with van der Waals surface area (Å²) in [5.41, 5.74) is 2.61. The first-order chi connectivity index (χ1) is 13.7. The van der Waals surface area contributed by atoms with E-state index in [0.29, 0.717) is 12.6 Å². The molecule has 0 saturated carbocycles. The molecule has 2 heterocycles. The average molecular weight is 511 g/mol. The van der Waals surface area contributed by atoms with E-state index < -0.39 is 0 Å². The minimum atomic E-state index is 0. The van der Waals surface area contributed by atoms with Gasteiger partial charge in [0.2, 0.25) is 0 Å². The van der Waals surface area contributed by atoms with E-state index in [0.717, 1.165) is 50.8 Å². The van der Waals surface area contributed by atoms with Gasteiger partial charge in [-0.1, -0.05) is 24.6 Å². The van der Waals surface area contributed by atoms with Gasteiger partial charge in [0.05, 0.1) is 6.54 Å². The van der Waals surface area contributed by atoms with E-state index in [1.165, 1.54) is 17.7 Å². The summed E-state index contributed by atoms with van der Waals surface area (Å²) in [5.74, 6) is 1.90. The molecule has 1 atom stereocenters. The first-order valence-electron chi connectivity index (χ1n) is 10.4. The molecule has 2 N–H and O–H groups in total. The van der Waals surface area contributed by atoms with Crippen LogP contribution in [0.15, 0.2) is 35.6 Å². The molecule has 1 aromatic heterocycles. The largest absolute Gasteiger partial charge is 0.369 e. The number of halogens is 1. The van der Waals surface area contributed by atoms with Crippen LogP contribution in [0.5, 0.6) is 0 Å². The van der Waals surface area contributed by atoms with Gasteiger partial charge in [-0.2, -0.15) is 0 Å². The van der Waals surface area contributed by atoms with Crippen LogP contribution < -0.4 is 15.5 Å². The zero-order valence-electron chi connectivity index (χ0n) is 17.8. The topological polar surface area (TPSA) is 70.4 Å². The van der Waals surface area contributed by atoms with Crippen molar-refractivity contribution in [1.29, 1.82) is 0 Å². The highest BCUT2D eigenvalue weighted by molar-refractivity contribution is 14.0. The lowest BCUT2D eigenvalue weighted by molar-refractivity contribution is 0.467. The highest BCUT2D eigenvalue weighted by Crippen LogP contribution is 2.20. The number of nitrogens with zero attached hydrogens (tertiary/aromatic N) is 5. The molecule has 1 aliphatic heterocycles. The Morgan fingerprint density at radius 1 is 1.24 bits per heavy atom. The van der Waals surface area contributed by atoms with E-state index in [-0.39, 0.29) is 24.0 Å². The molecule has 7 nitrogen and oxygen atoms in total. The third kappa shape index (κ3) is 6.87. The van der Waals surface area contributed by atoms with Crippen LogP contribution in [0.3, 0.4) is 0 Å². The van der Waals surface area contributed by atoms with Gasteiger partial charge in [0.25, 0.3) is 0 Å². The fourth-order valence-corrected chi connectivity index (χ4v) is 3.61. The van der Waals surface area contributed by atoms with Gasteiger partial charge in [-0.05, 0) is 38.8 Å². The van der Waals surface area contributed by atoms with Crippen molar-refractivity contribution in [3.8, 4) is 0 Å². The summed E-state index contributed by atoms with van der Waals surface area (Å²) in [6, 6.07) is 9.22. The van der Waals surface area contributed by atoms with E-state index >= 15 is 0 Å². The van der Waals surface area contributed by atoms with E-state index in [4.69, 9.17) is 4.99 Å². The number of hydrogen-bond donors (Lipinski definition) is 2. The minimum absolute atomic E-state index is 0. The van der Waals surface area contributed by atoms with E-state index in [2.05, 4.69) is 75.3 Å². The standard InChI is InChI=1S/C21H33N7.HI/c1-4-20-26-24-16-28(20)14-12-23-21(22-5-2)25-18-7-6-13-27(15-18)19-10-8-17(3)9-11-19;/h8-11,16,18H,4-7,12-15H2,1-3H3,(H2,22,23,25);1H. The quantitative estimate of drug-likeness (QED) is 0.340. The van der Waals surface area contributed by atoms with Crippen molar-refractivity contribution >= 4 is 35.6 Å². The van der Waals surface area contributed by atoms with Crippen molar-refractivity contribution < 1.29 is 0 Å². The SMILES string of the molecule is CCNC(=NCCn1cnnc1CC)NC1CCCN(c2ccc(C)cc2)C1.I. The van der Waals surface area contributed by atoms with Crippen LogP contribution >= 0.6 is 24.0 Å². The zero-order chi connectivity index (χ0) is 19.8. The maximum atomic E-state index is 4.77. The lowest BCUT2D eigenvalue weighted by atomic mass is 10.0. The van der Waals surface area contributed by atoms with Gasteiger partial charge in [-0.15, -0.1) is 34.2 Å². The van der Waals surface area contributed by atoms with Gasteiger partial charge in [-0.3, -0.25) is 4.99 Å². The molecule has 160 valence electrons. The Morgan fingerprint density at radius 2 is 2.03 bits per heavy atom. The molecule has 1 aromatic carbocycles. The van der Waals surface area contributed by atoms with Gasteiger partial charge in [0.1, 0.15) is 12.2 Å². The lowest BCUT2D eigenvalue weighted by Gasteiger charge is -2.35. The molecule has 8 heteroatoms. The minimum Gasteiger partial charge on any atom is -0.369 e. The molecule has 1 aliphatic rings. The maximum Gasteiger partial charge on any atom is 0.191 e. The molecule has 3 rings (SSSR count). The molecule has 0 amide bonds. The van der Waals surface area contributed by atoms with Crippen LogP contribution in [0.2, 0.25) is 0 Å². The lowest BCUT2D eigenvalue weighted by Crippen LogP contribution is -2.51. The Bertz CT molecular complexity index is 757. The maximum absolute atomic E-state index is 4.77. The first-order valence-corrected chi connectivity index (χ1v) is 10.4. The summed E-state index contributed by atoms with van der Waals surface area (Å²) >= 11 is 0. The number of hydrogen-bond acceptors (Lipinski definition) is 4. The molecule has 0 aliphatic carbocycles. The summed E-state index contributed by atoms with van der Waals surface area (Å²) in [6.07, 6.45) is 5.03. The number of anilines is 1. The van der Waals surface area contributed by atoms with Crippen LogP contribution in [-0.4, -0.2) is 52.9 Å². The second-order valence-corrected chi connectivity index (χ2v) is 7.32. The van der Waals surface area contributed by atoms with Crippen LogP contribution in [0.1, 0.15) is 38.1 Å². The van der Waals surface area contributed by atoms with Gasteiger partial charge in [-0.25, -0.2) is 0 Å². The average Bonchev–Trinajstić information content (AvgIpc) is 3.16. The van der Waals surface area contributed by atoms with Gasteiger partial charge in [0.15, 0.2) is 5.96 Å². The number of rotatable bonds is 7. The molecule has 0 bridgehead atoms. The fourth-order valence-electron chi connectivity index (χ4n) is 3.61. The van der Waals surface area contributed by atoms with Crippen molar-refractivity contribution in [2.75, 3.05) is 31.1 Å². The number of aromatic nitrogens is 3. The Morgan fingerprint density at radius 3 is 2.76 bits per heavy atom. The summed E-state index contributed by atoms with van der Waals surface area (Å²) in [4.78, 5) is 7.23. The number of benzene rings is 1. The number of piperidine rings is 1. The molecule has 0 spiro atoms. The van der Waals surface area contributed by atoms with E-state index in [9.17, 15) is 0 Å². The van der Waals surface area contributed by atoms with Crippen molar-refractivity contribution in [2.45, 2.75) is 52.6 Å². The van der Waals surface area contributed by atoms with Crippen LogP contribution in [-0.2, 0) is 13.0 Å². The highest BCUT2D eigenvalue weighted by Gasteiger charge is 2.21. The Balaban J connectivity index is 0.00000300. The molecular formula is C21H34IN7. The summed E-state index contributed by atoms with van der Waals surface area (Å²) in [7, 11) is 0. The second kappa shape index (κ2) is 12.0. The number of guanidine groups is 1. The Labute approximate surface area is 191 Å². The van der Waals surface area contributed by atoms with Crippen LogP contribution in [0, 0.1) is 6.92 Å². The summed E-state index contributed by atoms with van der Waals surface area (Å²) in [6.45, 7) is 10.8. The second-order valence-electron chi connectivity index (χ2n) is 7.32.